The van der Waals surface area contributed by atoms with Crippen molar-refractivity contribution in [1.82, 2.24) is 5.32 Å². The van der Waals surface area contributed by atoms with E-state index in [4.69, 9.17) is 0 Å². The summed E-state index contributed by atoms with van der Waals surface area (Å²) in [6, 6.07) is 0. The molecule has 1 amide bonds. The van der Waals surface area contributed by atoms with Gasteiger partial charge in [-0.3, -0.25) is 9.59 Å². The predicted molar refractivity (Wildman–Crippen MR) is 44.0 cm³/mol. The van der Waals surface area contributed by atoms with Crippen LogP contribution in [0.3, 0.4) is 0 Å². The lowest BCUT2D eigenvalue weighted by atomic mass is 10.3. The van der Waals surface area contributed by atoms with E-state index in [1.54, 1.807) is 6.92 Å². The molecule has 0 spiro atoms. The Hall–Kier alpha value is -0.770. The van der Waals surface area contributed by atoms with Crippen LogP contribution in [0.4, 0.5) is 0 Å². The molecule has 0 aromatic rings. The van der Waals surface area contributed by atoms with E-state index in [1.165, 1.54) is 18.7 Å². The van der Waals surface area contributed by atoms with Crippen molar-refractivity contribution in [3.8, 4) is 0 Å². The minimum absolute atomic E-state index is 0.0208. The van der Waals surface area contributed by atoms with Gasteiger partial charge in [0, 0.05) is 5.70 Å². The molecule has 3 nitrogen and oxygen atoms in total. The highest BCUT2D eigenvalue weighted by Gasteiger charge is 2.17. The van der Waals surface area contributed by atoms with Gasteiger partial charge in [0.15, 0.2) is 5.78 Å². The van der Waals surface area contributed by atoms with Gasteiger partial charge in [-0.15, -0.1) is 11.8 Å². The van der Waals surface area contributed by atoms with Gasteiger partial charge in [-0.05, 0) is 13.8 Å². The molecule has 1 heterocycles. The monoisotopic (exact) mass is 171 g/mol. The Bertz CT molecular complexity index is 245. The number of Topliss-reactive ketones (excluding diaryl/α,β-unsaturated/α-hetero) is 1. The zero-order valence-corrected chi connectivity index (χ0v) is 7.25. The van der Waals surface area contributed by atoms with Gasteiger partial charge in [0.1, 0.15) is 0 Å². The summed E-state index contributed by atoms with van der Waals surface area (Å²) in [5, 5.41) is 2.61. The maximum Gasteiger partial charge on any atom is 0.234 e. The van der Waals surface area contributed by atoms with Crippen molar-refractivity contribution in [3.63, 3.8) is 0 Å². The summed E-state index contributed by atoms with van der Waals surface area (Å²) in [6.45, 7) is 3.24. The Morgan fingerprint density at radius 2 is 2.27 bits per heavy atom. The number of carbonyl (C=O) groups excluding carboxylic acids is 2. The maximum absolute atomic E-state index is 10.9. The van der Waals surface area contributed by atoms with E-state index in [0.29, 0.717) is 16.4 Å². The van der Waals surface area contributed by atoms with Crippen LogP contribution in [0.15, 0.2) is 10.6 Å². The molecule has 0 atom stereocenters. The Morgan fingerprint density at radius 1 is 1.64 bits per heavy atom. The third kappa shape index (κ3) is 1.83. The van der Waals surface area contributed by atoms with Crippen molar-refractivity contribution in [1.29, 1.82) is 0 Å². The van der Waals surface area contributed by atoms with Crippen LogP contribution in [0.25, 0.3) is 0 Å². The number of carbonyl (C=O) groups is 2. The van der Waals surface area contributed by atoms with E-state index in [-0.39, 0.29) is 11.7 Å². The Morgan fingerprint density at radius 3 is 2.73 bits per heavy atom. The van der Waals surface area contributed by atoms with Crippen molar-refractivity contribution < 1.29 is 9.59 Å². The van der Waals surface area contributed by atoms with Crippen LogP contribution in [0.1, 0.15) is 13.8 Å². The lowest BCUT2D eigenvalue weighted by molar-refractivity contribution is -0.117. The van der Waals surface area contributed by atoms with Gasteiger partial charge in [0.2, 0.25) is 5.91 Å². The van der Waals surface area contributed by atoms with Crippen molar-refractivity contribution in [3.05, 3.63) is 10.6 Å². The molecular formula is C7H9NO2S. The van der Waals surface area contributed by atoms with Crippen LogP contribution in [0.5, 0.6) is 0 Å². The lowest BCUT2D eigenvalue weighted by Gasteiger charge is -2.15. The first-order valence-corrected chi connectivity index (χ1v) is 4.24. The molecule has 0 aromatic heterocycles. The van der Waals surface area contributed by atoms with Crippen LogP contribution < -0.4 is 5.32 Å². The maximum atomic E-state index is 10.9. The highest BCUT2D eigenvalue weighted by atomic mass is 32.2. The molecule has 0 saturated heterocycles. The molecule has 0 bridgehead atoms. The van der Waals surface area contributed by atoms with Crippen molar-refractivity contribution in [2.24, 2.45) is 0 Å². The first-order chi connectivity index (χ1) is 5.11. The fourth-order valence-corrected chi connectivity index (χ4v) is 1.73. The Labute approximate surface area is 69.2 Å². The molecule has 0 saturated carbocycles. The zero-order valence-electron chi connectivity index (χ0n) is 6.43. The molecular weight excluding hydrogens is 162 g/mol. The second-order valence-electron chi connectivity index (χ2n) is 2.35. The molecule has 0 aliphatic carbocycles. The topological polar surface area (TPSA) is 46.2 Å². The summed E-state index contributed by atoms with van der Waals surface area (Å²) in [7, 11) is 0. The molecule has 1 aliphatic rings. The molecule has 11 heavy (non-hydrogen) atoms. The lowest BCUT2D eigenvalue weighted by Crippen LogP contribution is -2.29. The quantitative estimate of drug-likeness (QED) is 0.630. The van der Waals surface area contributed by atoms with Gasteiger partial charge in [0.05, 0.1) is 10.7 Å². The van der Waals surface area contributed by atoms with Gasteiger partial charge >= 0.3 is 0 Å². The molecule has 1 rings (SSSR count). The average Bonchev–Trinajstić information content (AvgIpc) is 1.85. The second kappa shape index (κ2) is 3.09. The van der Waals surface area contributed by atoms with Crippen LogP contribution in [-0.4, -0.2) is 17.4 Å². The van der Waals surface area contributed by atoms with Crippen molar-refractivity contribution in [2.75, 3.05) is 5.75 Å². The van der Waals surface area contributed by atoms with Crippen molar-refractivity contribution in [2.45, 2.75) is 13.8 Å². The van der Waals surface area contributed by atoms with Gasteiger partial charge < -0.3 is 5.32 Å². The molecule has 1 N–H and O–H groups in total. The van der Waals surface area contributed by atoms with E-state index in [1.807, 2.05) is 0 Å². The molecule has 0 radical (unpaired) electrons. The molecule has 1 aliphatic heterocycles. The Kier molecular flexibility index (Phi) is 2.34. The third-order valence-electron chi connectivity index (χ3n) is 1.33. The summed E-state index contributed by atoms with van der Waals surface area (Å²) in [5.41, 5.74) is 0.679. The summed E-state index contributed by atoms with van der Waals surface area (Å²) in [6.07, 6.45) is 0. The number of rotatable bonds is 1. The Balaban J connectivity index is 2.86. The molecule has 60 valence electrons. The van der Waals surface area contributed by atoms with Gasteiger partial charge in [-0.25, -0.2) is 0 Å². The smallest absolute Gasteiger partial charge is 0.234 e. The number of thioether (sulfide) groups is 1. The first-order valence-electron chi connectivity index (χ1n) is 3.25. The SMILES string of the molecule is CC(=O)C1=C(C)NC(=O)CS1. The number of hydrogen-bond acceptors (Lipinski definition) is 3. The van der Waals surface area contributed by atoms with E-state index in [9.17, 15) is 9.59 Å². The van der Waals surface area contributed by atoms with Gasteiger partial charge in [-0.2, -0.15) is 0 Å². The fourth-order valence-electron chi connectivity index (χ4n) is 0.914. The number of ketones is 1. The first kappa shape index (κ1) is 8.33. The number of allylic oxidation sites excluding steroid dienone is 2. The van der Waals surface area contributed by atoms with E-state index >= 15 is 0 Å². The van der Waals surface area contributed by atoms with E-state index in [2.05, 4.69) is 5.32 Å². The predicted octanol–water partition coefficient (Wildman–Crippen LogP) is 0.670. The van der Waals surface area contributed by atoms with Gasteiger partial charge in [0.25, 0.3) is 0 Å². The molecule has 0 fully saturated rings. The van der Waals surface area contributed by atoms with E-state index < -0.39 is 0 Å². The number of nitrogens with one attached hydrogen (secondary N) is 1. The minimum Gasteiger partial charge on any atom is -0.328 e. The number of amides is 1. The summed E-state index contributed by atoms with van der Waals surface area (Å²) in [4.78, 5) is 22.3. The highest BCUT2D eigenvalue weighted by molar-refractivity contribution is 8.04. The fraction of sp³-hybridized carbons (Fsp3) is 0.429. The highest BCUT2D eigenvalue weighted by Crippen LogP contribution is 2.22. The largest absolute Gasteiger partial charge is 0.328 e. The molecule has 4 heteroatoms. The third-order valence-corrected chi connectivity index (χ3v) is 2.62. The standard InChI is InChI=1S/C7H9NO2S/c1-4-7(5(2)9)11-3-6(10)8-4/h3H2,1-2H3,(H,8,10). The average molecular weight is 171 g/mol. The van der Waals surface area contributed by atoms with Crippen LogP contribution >= 0.6 is 11.8 Å². The number of hydrogen-bond donors (Lipinski definition) is 1. The molecule has 0 unspecified atom stereocenters. The summed E-state index contributed by atoms with van der Waals surface area (Å²) < 4.78 is 0. The molecule has 0 aromatic carbocycles. The summed E-state index contributed by atoms with van der Waals surface area (Å²) in [5.74, 6) is 0.344. The second-order valence-corrected chi connectivity index (χ2v) is 3.33. The van der Waals surface area contributed by atoms with Gasteiger partial charge in [-0.1, -0.05) is 0 Å². The normalized spacial score (nSPS) is 18.2. The zero-order chi connectivity index (χ0) is 8.43. The van der Waals surface area contributed by atoms with Crippen LogP contribution in [0.2, 0.25) is 0 Å². The van der Waals surface area contributed by atoms with E-state index in [0.717, 1.165) is 0 Å². The minimum atomic E-state index is -0.0301. The summed E-state index contributed by atoms with van der Waals surface area (Å²) >= 11 is 1.31. The van der Waals surface area contributed by atoms with Crippen LogP contribution in [-0.2, 0) is 9.59 Å². The van der Waals surface area contributed by atoms with Crippen LogP contribution in [0, 0.1) is 0 Å². The van der Waals surface area contributed by atoms with Crippen molar-refractivity contribution >= 4 is 23.5 Å².